The molecule has 2 aliphatic heterocycles. The fourth-order valence-electron chi connectivity index (χ4n) is 4.45. The zero-order valence-corrected chi connectivity index (χ0v) is 19.0. The third kappa shape index (κ3) is 5.09. The predicted molar refractivity (Wildman–Crippen MR) is 119 cm³/mol. The maximum absolute atomic E-state index is 12.7. The van der Waals surface area contributed by atoms with Crippen molar-refractivity contribution in [3.63, 3.8) is 0 Å². The zero-order chi connectivity index (χ0) is 22.0. The number of halogens is 1. The second-order valence-electron chi connectivity index (χ2n) is 9.00. The minimum atomic E-state index is 0.0927. The van der Waals surface area contributed by atoms with Crippen molar-refractivity contribution in [3.05, 3.63) is 46.5 Å². The summed E-state index contributed by atoms with van der Waals surface area (Å²) in [5, 5.41) is 9.55. The summed E-state index contributed by atoms with van der Waals surface area (Å²) < 4.78 is 2.18. The van der Waals surface area contributed by atoms with Crippen LogP contribution in [0, 0.1) is 5.92 Å². The zero-order valence-electron chi connectivity index (χ0n) is 18.3. The molecule has 0 spiro atoms. The number of benzene rings is 1. The van der Waals surface area contributed by atoms with Crippen LogP contribution in [0.15, 0.2) is 24.3 Å². The van der Waals surface area contributed by atoms with Gasteiger partial charge in [-0.3, -0.25) is 9.59 Å². The van der Waals surface area contributed by atoms with E-state index >= 15 is 0 Å². The molecule has 0 unspecified atom stereocenters. The van der Waals surface area contributed by atoms with Crippen molar-refractivity contribution in [1.82, 2.24) is 24.6 Å². The van der Waals surface area contributed by atoms with Gasteiger partial charge in [0.15, 0.2) is 5.82 Å². The topological polar surface area (TPSA) is 71.3 Å². The molecule has 8 heteroatoms. The maximum Gasteiger partial charge on any atom is 0.227 e. The van der Waals surface area contributed by atoms with E-state index < -0.39 is 0 Å². The first-order chi connectivity index (χ1) is 14.9. The molecule has 1 aromatic carbocycles. The van der Waals surface area contributed by atoms with Crippen molar-refractivity contribution in [3.8, 4) is 0 Å². The Balaban J connectivity index is 1.35. The summed E-state index contributed by atoms with van der Waals surface area (Å²) in [5.74, 6) is 2.92. The third-order valence-corrected chi connectivity index (χ3v) is 6.45. The number of aromatic nitrogens is 3. The highest BCUT2D eigenvalue weighted by Gasteiger charge is 2.31. The number of likely N-dealkylation sites (tertiary alicyclic amines) is 1. The molecule has 2 aliphatic rings. The number of piperidine rings is 1. The molecule has 0 aliphatic carbocycles. The Hall–Kier alpha value is -2.41. The van der Waals surface area contributed by atoms with E-state index in [9.17, 15) is 9.59 Å². The first kappa shape index (κ1) is 21.8. The Morgan fingerprint density at radius 1 is 1.00 bits per heavy atom. The van der Waals surface area contributed by atoms with E-state index in [0.717, 1.165) is 49.7 Å². The van der Waals surface area contributed by atoms with E-state index in [4.69, 9.17) is 11.6 Å². The van der Waals surface area contributed by atoms with Crippen LogP contribution in [-0.4, -0.2) is 56.0 Å². The second-order valence-corrected chi connectivity index (χ2v) is 9.43. The van der Waals surface area contributed by atoms with Gasteiger partial charge in [-0.15, -0.1) is 10.2 Å². The van der Waals surface area contributed by atoms with E-state index in [-0.39, 0.29) is 11.8 Å². The number of rotatable bonds is 5. The Morgan fingerprint density at radius 2 is 1.71 bits per heavy atom. The van der Waals surface area contributed by atoms with E-state index in [0.29, 0.717) is 42.8 Å². The van der Waals surface area contributed by atoms with Crippen LogP contribution in [0.4, 0.5) is 0 Å². The van der Waals surface area contributed by atoms with Gasteiger partial charge in [0.2, 0.25) is 11.8 Å². The van der Waals surface area contributed by atoms with Gasteiger partial charge >= 0.3 is 0 Å². The van der Waals surface area contributed by atoms with Gasteiger partial charge in [0.1, 0.15) is 5.82 Å². The van der Waals surface area contributed by atoms with Gasteiger partial charge in [-0.2, -0.15) is 0 Å². The lowest BCUT2D eigenvalue weighted by molar-refractivity contribution is -0.133. The first-order valence-electron chi connectivity index (χ1n) is 11.1. The second kappa shape index (κ2) is 9.39. The van der Waals surface area contributed by atoms with Crippen molar-refractivity contribution in [1.29, 1.82) is 0 Å². The molecule has 31 heavy (non-hydrogen) atoms. The average molecular weight is 444 g/mol. The van der Waals surface area contributed by atoms with E-state index in [1.807, 2.05) is 34.1 Å². The SMILES string of the molecule is CC(C)CC(=O)N1CCC(c2nnc3n2CCN(C(=O)Cc2ccc(Cl)cc2)C3)CC1. The lowest BCUT2D eigenvalue weighted by Crippen LogP contribution is -2.41. The Labute approximate surface area is 188 Å². The van der Waals surface area contributed by atoms with Gasteiger partial charge in [-0.25, -0.2) is 0 Å². The average Bonchev–Trinajstić information content (AvgIpc) is 3.18. The predicted octanol–water partition coefficient (Wildman–Crippen LogP) is 3.27. The van der Waals surface area contributed by atoms with Gasteiger partial charge in [-0.1, -0.05) is 37.6 Å². The molecule has 7 nitrogen and oxygen atoms in total. The van der Waals surface area contributed by atoms with Crippen LogP contribution in [0.1, 0.15) is 56.2 Å². The van der Waals surface area contributed by atoms with Crippen LogP contribution >= 0.6 is 11.6 Å². The Bertz CT molecular complexity index is 932. The molecule has 2 amide bonds. The number of hydrogen-bond acceptors (Lipinski definition) is 4. The van der Waals surface area contributed by atoms with Crippen molar-refractivity contribution in [2.24, 2.45) is 5.92 Å². The van der Waals surface area contributed by atoms with E-state index in [1.165, 1.54) is 0 Å². The standard InChI is InChI=1S/C23H30ClN5O2/c1-16(2)13-21(30)27-9-7-18(8-10-27)23-26-25-20-15-28(11-12-29(20)23)22(31)14-17-3-5-19(24)6-4-17/h3-6,16,18H,7-15H2,1-2H3. The summed E-state index contributed by atoms with van der Waals surface area (Å²) in [5.41, 5.74) is 0.959. The fraction of sp³-hybridized carbons (Fsp3) is 0.565. The lowest BCUT2D eigenvalue weighted by atomic mass is 9.95. The lowest BCUT2D eigenvalue weighted by Gasteiger charge is -2.33. The highest BCUT2D eigenvalue weighted by atomic mass is 35.5. The summed E-state index contributed by atoms with van der Waals surface area (Å²) in [6.07, 6.45) is 2.81. The maximum atomic E-state index is 12.7. The van der Waals surface area contributed by atoms with Crippen LogP contribution in [0.3, 0.4) is 0 Å². The number of hydrogen-bond donors (Lipinski definition) is 0. The molecule has 166 valence electrons. The minimum absolute atomic E-state index is 0.0927. The van der Waals surface area contributed by atoms with Gasteiger partial charge in [0, 0.05) is 43.5 Å². The minimum Gasteiger partial charge on any atom is -0.343 e. The monoisotopic (exact) mass is 443 g/mol. The smallest absolute Gasteiger partial charge is 0.227 e. The van der Waals surface area contributed by atoms with Gasteiger partial charge in [-0.05, 0) is 36.5 Å². The molecule has 0 bridgehead atoms. The number of carbonyl (C=O) groups excluding carboxylic acids is 2. The normalized spacial score (nSPS) is 17.2. The number of carbonyl (C=O) groups is 2. The molecular weight excluding hydrogens is 414 g/mol. The van der Waals surface area contributed by atoms with Crippen LogP contribution in [0.25, 0.3) is 0 Å². The molecule has 1 fully saturated rings. The van der Waals surface area contributed by atoms with Crippen molar-refractivity contribution < 1.29 is 9.59 Å². The molecule has 1 saturated heterocycles. The van der Waals surface area contributed by atoms with E-state index in [2.05, 4.69) is 28.6 Å². The number of fused-ring (bicyclic) bond motifs is 1. The van der Waals surface area contributed by atoms with Crippen molar-refractivity contribution in [2.45, 2.75) is 58.5 Å². The van der Waals surface area contributed by atoms with Gasteiger partial charge in [0.05, 0.1) is 13.0 Å². The summed E-state index contributed by atoms with van der Waals surface area (Å²) >= 11 is 5.93. The third-order valence-electron chi connectivity index (χ3n) is 6.20. The summed E-state index contributed by atoms with van der Waals surface area (Å²) in [6, 6.07) is 7.40. The summed E-state index contributed by atoms with van der Waals surface area (Å²) in [7, 11) is 0. The van der Waals surface area contributed by atoms with Crippen LogP contribution in [0.5, 0.6) is 0 Å². The van der Waals surface area contributed by atoms with Crippen molar-refractivity contribution in [2.75, 3.05) is 19.6 Å². The molecule has 1 aromatic heterocycles. The Morgan fingerprint density at radius 3 is 2.39 bits per heavy atom. The van der Waals surface area contributed by atoms with E-state index in [1.54, 1.807) is 0 Å². The highest BCUT2D eigenvalue weighted by Crippen LogP contribution is 2.29. The van der Waals surface area contributed by atoms with Crippen LogP contribution < -0.4 is 0 Å². The molecule has 0 atom stereocenters. The number of nitrogens with zero attached hydrogens (tertiary/aromatic N) is 5. The van der Waals surface area contributed by atoms with Gasteiger partial charge < -0.3 is 14.4 Å². The Kier molecular flexibility index (Phi) is 6.60. The molecular formula is C23H30ClN5O2. The first-order valence-corrected chi connectivity index (χ1v) is 11.5. The highest BCUT2D eigenvalue weighted by molar-refractivity contribution is 6.30. The molecule has 0 N–H and O–H groups in total. The summed E-state index contributed by atoms with van der Waals surface area (Å²) in [6.45, 7) is 7.60. The summed E-state index contributed by atoms with van der Waals surface area (Å²) in [4.78, 5) is 28.9. The molecule has 0 radical (unpaired) electrons. The quantitative estimate of drug-likeness (QED) is 0.711. The molecule has 2 aromatic rings. The fourth-order valence-corrected chi connectivity index (χ4v) is 4.58. The van der Waals surface area contributed by atoms with Crippen LogP contribution in [-0.2, 0) is 29.1 Å². The van der Waals surface area contributed by atoms with Crippen molar-refractivity contribution >= 4 is 23.4 Å². The molecule has 3 heterocycles. The molecule has 4 rings (SSSR count). The van der Waals surface area contributed by atoms with Gasteiger partial charge in [0.25, 0.3) is 0 Å². The largest absolute Gasteiger partial charge is 0.343 e. The molecule has 0 saturated carbocycles. The number of amides is 2. The van der Waals surface area contributed by atoms with Crippen LogP contribution in [0.2, 0.25) is 5.02 Å².